The monoisotopic (exact) mass is 318 g/mol. The van der Waals surface area contributed by atoms with Gasteiger partial charge in [0.15, 0.2) is 0 Å². The van der Waals surface area contributed by atoms with Crippen molar-refractivity contribution in [2.75, 3.05) is 13.6 Å². The second kappa shape index (κ2) is 5.11. The van der Waals surface area contributed by atoms with Crippen LogP contribution in [0, 0.1) is 22.7 Å². The number of alkyl halides is 3. The van der Waals surface area contributed by atoms with Gasteiger partial charge in [0.05, 0.1) is 10.8 Å². The predicted molar refractivity (Wildman–Crippen MR) is 77.1 cm³/mol. The molecule has 4 aliphatic carbocycles. The summed E-state index contributed by atoms with van der Waals surface area (Å²) in [7, 11) is 1.81. The largest absolute Gasteiger partial charge is 0.394 e. The standard InChI is InChI=1S/C16H25F3N2O/c1-10(20-2)8-21-13(22)14-4-11-3-12(5-14)7-15(6-11,9-14)16(17,18)19/h10-12,20H,3-9H2,1-2H3,(H,21,22). The fraction of sp³-hybridized carbons (Fsp3) is 0.938. The van der Waals surface area contributed by atoms with Crippen molar-refractivity contribution >= 4 is 5.91 Å². The maximum absolute atomic E-state index is 13.7. The van der Waals surface area contributed by atoms with Crippen molar-refractivity contribution < 1.29 is 18.0 Å². The predicted octanol–water partition coefficient (Wildman–Crippen LogP) is 2.86. The van der Waals surface area contributed by atoms with Gasteiger partial charge in [0, 0.05) is 12.6 Å². The van der Waals surface area contributed by atoms with E-state index < -0.39 is 17.0 Å². The Hall–Kier alpha value is -0.780. The molecule has 22 heavy (non-hydrogen) atoms. The number of carbonyl (C=O) groups excluding carboxylic acids is 1. The molecule has 4 rings (SSSR count). The van der Waals surface area contributed by atoms with E-state index in [2.05, 4.69) is 10.6 Å². The fourth-order valence-corrected chi connectivity index (χ4v) is 5.40. The number of hydrogen-bond donors (Lipinski definition) is 2. The van der Waals surface area contributed by atoms with E-state index in [0.717, 1.165) is 6.42 Å². The SMILES string of the molecule is CNC(C)CNC(=O)C12CC3CC(C1)CC(C(F)(F)F)(C3)C2. The van der Waals surface area contributed by atoms with Crippen molar-refractivity contribution in [3.63, 3.8) is 0 Å². The van der Waals surface area contributed by atoms with Gasteiger partial charge in [0.25, 0.3) is 0 Å². The summed E-state index contributed by atoms with van der Waals surface area (Å²) in [4.78, 5) is 12.7. The van der Waals surface area contributed by atoms with Crippen LogP contribution >= 0.6 is 0 Å². The average Bonchev–Trinajstić information content (AvgIpc) is 2.41. The summed E-state index contributed by atoms with van der Waals surface area (Å²) in [6.07, 6.45) is -1.57. The van der Waals surface area contributed by atoms with E-state index in [1.807, 2.05) is 6.92 Å². The second-order valence-electron chi connectivity index (χ2n) is 7.92. The molecule has 2 N–H and O–H groups in total. The van der Waals surface area contributed by atoms with Gasteiger partial charge in [-0.25, -0.2) is 0 Å². The molecule has 1 amide bonds. The molecule has 3 nitrogen and oxygen atoms in total. The zero-order valence-electron chi connectivity index (χ0n) is 13.2. The Morgan fingerprint density at radius 2 is 1.82 bits per heavy atom. The normalized spacial score (nSPS) is 41.5. The van der Waals surface area contributed by atoms with Gasteiger partial charge in [-0.1, -0.05) is 0 Å². The van der Waals surface area contributed by atoms with Crippen LogP contribution in [0.25, 0.3) is 0 Å². The van der Waals surface area contributed by atoms with Crippen LogP contribution in [-0.2, 0) is 4.79 Å². The minimum atomic E-state index is -4.19. The van der Waals surface area contributed by atoms with E-state index in [4.69, 9.17) is 0 Å². The fourth-order valence-electron chi connectivity index (χ4n) is 5.40. The zero-order chi connectivity index (χ0) is 16.2. The van der Waals surface area contributed by atoms with Gasteiger partial charge in [-0.15, -0.1) is 0 Å². The number of likely N-dealkylation sites (N-methyl/N-ethyl adjacent to an activating group) is 1. The van der Waals surface area contributed by atoms with E-state index in [-0.39, 0.29) is 43.0 Å². The zero-order valence-corrected chi connectivity index (χ0v) is 13.2. The summed E-state index contributed by atoms with van der Waals surface area (Å²) in [6.45, 7) is 2.41. The Balaban J connectivity index is 1.80. The van der Waals surface area contributed by atoms with Gasteiger partial charge >= 0.3 is 6.18 Å². The molecule has 0 radical (unpaired) electrons. The minimum Gasteiger partial charge on any atom is -0.354 e. The molecule has 0 aliphatic heterocycles. The third-order valence-electron chi connectivity index (χ3n) is 6.21. The van der Waals surface area contributed by atoms with Crippen LogP contribution in [0.4, 0.5) is 13.2 Å². The Kier molecular flexibility index (Phi) is 3.74. The summed E-state index contributed by atoms with van der Waals surface area (Å²) >= 11 is 0. The maximum Gasteiger partial charge on any atom is 0.394 e. The smallest absolute Gasteiger partial charge is 0.354 e. The minimum absolute atomic E-state index is 0.00370. The first-order valence-electron chi connectivity index (χ1n) is 8.22. The molecule has 0 aromatic heterocycles. The van der Waals surface area contributed by atoms with Crippen LogP contribution in [0.5, 0.6) is 0 Å². The lowest BCUT2D eigenvalue weighted by Crippen LogP contribution is -2.61. The molecule has 0 heterocycles. The number of rotatable bonds is 4. The molecule has 0 aromatic carbocycles. The molecule has 4 fully saturated rings. The lowest BCUT2D eigenvalue weighted by molar-refractivity contribution is -0.283. The summed E-state index contributed by atoms with van der Waals surface area (Å²) in [5, 5.41) is 5.92. The van der Waals surface area contributed by atoms with Gasteiger partial charge in [-0.3, -0.25) is 4.79 Å². The van der Waals surface area contributed by atoms with Gasteiger partial charge in [-0.05, 0) is 64.3 Å². The molecule has 4 saturated carbocycles. The summed E-state index contributed by atoms with van der Waals surface area (Å²) in [5.74, 6) is -0.0250. The van der Waals surface area contributed by atoms with Crippen LogP contribution in [0.2, 0.25) is 0 Å². The molecular weight excluding hydrogens is 293 g/mol. The van der Waals surface area contributed by atoms with Crippen LogP contribution in [0.3, 0.4) is 0 Å². The quantitative estimate of drug-likeness (QED) is 0.837. The van der Waals surface area contributed by atoms with Crippen LogP contribution < -0.4 is 10.6 Å². The molecule has 4 bridgehead atoms. The molecule has 0 aromatic rings. The molecule has 4 aliphatic rings. The molecule has 3 unspecified atom stereocenters. The first-order chi connectivity index (χ1) is 10.2. The molecule has 126 valence electrons. The van der Waals surface area contributed by atoms with Crippen LogP contribution in [-0.4, -0.2) is 31.7 Å². The molecule has 6 heteroatoms. The van der Waals surface area contributed by atoms with E-state index in [1.165, 1.54) is 0 Å². The van der Waals surface area contributed by atoms with Crippen molar-refractivity contribution in [1.29, 1.82) is 0 Å². The summed E-state index contributed by atoms with van der Waals surface area (Å²) in [5.41, 5.74) is -2.39. The Morgan fingerprint density at radius 3 is 2.32 bits per heavy atom. The molecular formula is C16H25F3N2O. The van der Waals surface area contributed by atoms with E-state index in [1.54, 1.807) is 7.05 Å². The van der Waals surface area contributed by atoms with Crippen molar-refractivity contribution in [3.8, 4) is 0 Å². The Labute approximate surface area is 129 Å². The topological polar surface area (TPSA) is 41.1 Å². The highest BCUT2D eigenvalue weighted by atomic mass is 19.4. The molecule has 0 spiro atoms. The summed E-state index contributed by atoms with van der Waals surface area (Å²) < 4.78 is 41.0. The Bertz CT molecular complexity index is 449. The summed E-state index contributed by atoms with van der Waals surface area (Å²) in [6, 6.07) is 0.120. The number of halogens is 3. The van der Waals surface area contributed by atoms with Crippen molar-refractivity contribution in [2.24, 2.45) is 22.7 Å². The van der Waals surface area contributed by atoms with Crippen molar-refractivity contribution in [1.82, 2.24) is 10.6 Å². The lowest BCUT2D eigenvalue weighted by atomic mass is 9.43. The van der Waals surface area contributed by atoms with E-state index in [9.17, 15) is 18.0 Å². The second-order valence-corrected chi connectivity index (χ2v) is 7.92. The van der Waals surface area contributed by atoms with Gasteiger partial charge in [-0.2, -0.15) is 13.2 Å². The van der Waals surface area contributed by atoms with Gasteiger partial charge in [0.2, 0.25) is 5.91 Å². The van der Waals surface area contributed by atoms with Crippen molar-refractivity contribution in [2.45, 2.75) is 57.7 Å². The highest BCUT2D eigenvalue weighted by molar-refractivity contribution is 5.83. The molecule has 3 atom stereocenters. The van der Waals surface area contributed by atoms with Gasteiger partial charge in [0.1, 0.15) is 0 Å². The van der Waals surface area contributed by atoms with E-state index >= 15 is 0 Å². The third-order valence-corrected chi connectivity index (χ3v) is 6.21. The first-order valence-corrected chi connectivity index (χ1v) is 8.22. The molecule has 0 saturated heterocycles. The number of amides is 1. The third kappa shape index (κ3) is 2.43. The van der Waals surface area contributed by atoms with E-state index in [0.29, 0.717) is 19.4 Å². The highest BCUT2D eigenvalue weighted by Gasteiger charge is 2.68. The first kappa shape index (κ1) is 16.1. The number of carbonyl (C=O) groups is 1. The van der Waals surface area contributed by atoms with Crippen LogP contribution in [0.1, 0.15) is 45.4 Å². The highest BCUT2D eigenvalue weighted by Crippen LogP contribution is 2.69. The maximum atomic E-state index is 13.7. The van der Waals surface area contributed by atoms with Crippen LogP contribution in [0.15, 0.2) is 0 Å². The average molecular weight is 318 g/mol. The van der Waals surface area contributed by atoms with Crippen molar-refractivity contribution in [3.05, 3.63) is 0 Å². The number of nitrogens with one attached hydrogen (secondary N) is 2. The van der Waals surface area contributed by atoms with Gasteiger partial charge < -0.3 is 10.6 Å². The Morgan fingerprint density at radius 1 is 1.23 bits per heavy atom. The number of hydrogen-bond acceptors (Lipinski definition) is 2. The lowest BCUT2D eigenvalue weighted by Gasteiger charge is -2.61.